The quantitative estimate of drug-likeness (QED) is 0.338. The lowest BCUT2D eigenvalue weighted by molar-refractivity contribution is 0.119. The highest BCUT2D eigenvalue weighted by Crippen LogP contribution is 2.20. The summed E-state index contributed by atoms with van der Waals surface area (Å²) in [7, 11) is 7.60. The minimum atomic E-state index is 0.0380. The molecule has 1 aromatic rings. The summed E-state index contributed by atoms with van der Waals surface area (Å²) in [6, 6.07) is 0. The monoisotopic (exact) mass is 385 g/mol. The molecule has 0 spiro atoms. The third-order valence-corrected chi connectivity index (χ3v) is 5.06. The molecule has 0 saturated heterocycles. The van der Waals surface area contributed by atoms with Crippen LogP contribution in [0, 0.1) is 0 Å². The predicted octanol–water partition coefficient (Wildman–Crippen LogP) is 2.22. The SMILES string of the molecule is CCNC(=NCCCN(C)CCOC)N(C)Cc1csc(C(C)OC)n1. The van der Waals surface area contributed by atoms with E-state index >= 15 is 0 Å². The molecule has 1 N–H and O–H groups in total. The zero-order valence-electron chi connectivity index (χ0n) is 17.1. The summed E-state index contributed by atoms with van der Waals surface area (Å²) in [4.78, 5) is 13.8. The summed E-state index contributed by atoms with van der Waals surface area (Å²) in [6.45, 7) is 9.21. The van der Waals surface area contributed by atoms with Crippen molar-refractivity contribution in [3.05, 3.63) is 16.1 Å². The molecule has 0 bridgehead atoms. The van der Waals surface area contributed by atoms with Gasteiger partial charge in [-0.05, 0) is 33.9 Å². The average Bonchev–Trinajstić information content (AvgIpc) is 3.10. The third-order valence-electron chi connectivity index (χ3n) is 4.00. The number of nitrogens with zero attached hydrogens (tertiary/aromatic N) is 4. The van der Waals surface area contributed by atoms with Gasteiger partial charge in [-0.3, -0.25) is 4.99 Å². The van der Waals surface area contributed by atoms with Crippen LogP contribution in [-0.4, -0.2) is 81.8 Å². The van der Waals surface area contributed by atoms with Crippen molar-refractivity contribution in [1.29, 1.82) is 0 Å². The van der Waals surface area contributed by atoms with E-state index < -0.39 is 0 Å². The third kappa shape index (κ3) is 8.44. The van der Waals surface area contributed by atoms with Gasteiger partial charge in [0.15, 0.2) is 5.96 Å². The van der Waals surface area contributed by atoms with Gasteiger partial charge in [-0.25, -0.2) is 4.98 Å². The number of guanidine groups is 1. The molecule has 150 valence electrons. The van der Waals surface area contributed by atoms with Crippen LogP contribution in [0.15, 0.2) is 10.4 Å². The fourth-order valence-electron chi connectivity index (χ4n) is 2.35. The molecule has 0 radical (unpaired) electrons. The molecule has 0 aliphatic heterocycles. The molecule has 26 heavy (non-hydrogen) atoms. The molecular weight excluding hydrogens is 350 g/mol. The number of thiazole rings is 1. The van der Waals surface area contributed by atoms with E-state index in [0.29, 0.717) is 0 Å². The Labute approximate surface area is 162 Å². The highest BCUT2D eigenvalue weighted by atomic mass is 32.1. The zero-order valence-corrected chi connectivity index (χ0v) is 17.9. The number of likely N-dealkylation sites (N-methyl/N-ethyl adjacent to an activating group) is 1. The first-order valence-corrected chi connectivity index (χ1v) is 10.0. The minimum absolute atomic E-state index is 0.0380. The number of rotatable bonds is 12. The highest BCUT2D eigenvalue weighted by molar-refractivity contribution is 7.09. The van der Waals surface area contributed by atoms with Gasteiger partial charge in [-0.1, -0.05) is 0 Å². The number of ether oxygens (including phenoxy) is 2. The van der Waals surface area contributed by atoms with Crippen LogP contribution >= 0.6 is 11.3 Å². The summed E-state index contributed by atoms with van der Waals surface area (Å²) < 4.78 is 10.4. The van der Waals surface area contributed by atoms with E-state index in [-0.39, 0.29) is 6.10 Å². The lowest BCUT2D eigenvalue weighted by atomic mass is 10.4. The molecule has 7 nitrogen and oxygen atoms in total. The summed E-state index contributed by atoms with van der Waals surface area (Å²) in [5.41, 5.74) is 1.04. The number of hydrogen-bond acceptors (Lipinski definition) is 6. The zero-order chi connectivity index (χ0) is 19.4. The second-order valence-electron chi connectivity index (χ2n) is 6.30. The number of hydrogen-bond donors (Lipinski definition) is 1. The lowest BCUT2D eigenvalue weighted by Crippen LogP contribution is -2.38. The molecule has 1 aromatic heterocycles. The summed E-state index contributed by atoms with van der Waals surface area (Å²) in [6.07, 6.45) is 1.06. The van der Waals surface area contributed by atoms with Crippen molar-refractivity contribution in [2.45, 2.75) is 32.9 Å². The Kier molecular flexibility index (Phi) is 11.4. The highest BCUT2D eigenvalue weighted by Gasteiger charge is 2.12. The Bertz CT molecular complexity index is 523. The standard InChI is InChI=1S/C18H35N5O2S/c1-7-19-18(20-9-8-10-22(3)11-12-24-5)23(4)13-16-14-26-17(21-16)15(2)25-6/h14-15H,7-13H2,1-6H3,(H,19,20). The molecule has 0 aliphatic carbocycles. The first kappa shape index (κ1) is 22.8. The van der Waals surface area contributed by atoms with Crippen molar-refractivity contribution >= 4 is 17.3 Å². The summed E-state index contributed by atoms with van der Waals surface area (Å²) in [5, 5.41) is 6.46. The van der Waals surface area contributed by atoms with Crippen LogP contribution in [0.3, 0.4) is 0 Å². The molecule has 0 saturated carbocycles. The maximum absolute atomic E-state index is 5.34. The largest absolute Gasteiger partial charge is 0.383 e. The van der Waals surface area contributed by atoms with Crippen molar-refractivity contribution in [2.24, 2.45) is 4.99 Å². The molecule has 1 rings (SSSR count). The lowest BCUT2D eigenvalue weighted by Gasteiger charge is -2.21. The fraction of sp³-hybridized carbons (Fsp3) is 0.778. The average molecular weight is 386 g/mol. The smallest absolute Gasteiger partial charge is 0.194 e. The molecule has 0 amide bonds. The number of methoxy groups -OCH3 is 2. The predicted molar refractivity (Wildman–Crippen MR) is 109 cm³/mol. The Morgan fingerprint density at radius 1 is 1.35 bits per heavy atom. The van der Waals surface area contributed by atoms with Crippen LogP contribution in [0.5, 0.6) is 0 Å². The van der Waals surface area contributed by atoms with Crippen LogP contribution in [0.2, 0.25) is 0 Å². The van der Waals surface area contributed by atoms with Crippen LogP contribution in [0.25, 0.3) is 0 Å². The normalized spacial score (nSPS) is 13.3. The maximum atomic E-state index is 5.34. The van der Waals surface area contributed by atoms with Crippen molar-refractivity contribution < 1.29 is 9.47 Å². The van der Waals surface area contributed by atoms with Gasteiger partial charge in [0, 0.05) is 46.3 Å². The van der Waals surface area contributed by atoms with E-state index in [1.807, 2.05) is 14.0 Å². The van der Waals surface area contributed by atoms with E-state index in [1.165, 1.54) is 0 Å². The Morgan fingerprint density at radius 3 is 2.77 bits per heavy atom. The van der Waals surface area contributed by atoms with Crippen LogP contribution in [0.1, 0.15) is 37.1 Å². The molecule has 1 heterocycles. The van der Waals surface area contributed by atoms with Crippen molar-refractivity contribution in [1.82, 2.24) is 20.1 Å². The van der Waals surface area contributed by atoms with Gasteiger partial charge in [0.1, 0.15) is 11.1 Å². The molecule has 0 aliphatic rings. The van der Waals surface area contributed by atoms with E-state index in [9.17, 15) is 0 Å². The topological polar surface area (TPSA) is 62.2 Å². The van der Waals surface area contributed by atoms with Gasteiger partial charge in [0.05, 0.1) is 18.8 Å². The van der Waals surface area contributed by atoms with Crippen molar-refractivity contribution in [2.75, 3.05) is 61.1 Å². The molecule has 1 unspecified atom stereocenters. The molecule has 8 heteroatoms. The first-order valence-electron chi connectivity index (χ1n) is 9.15. The Balaban J connectivity index is 2.52. The van der Waals surface area contributed by atoms with Crippen LogP contribution in [0.4, 0.5) is 0 Å². The van der Waals surface area contributed by atoms with Crippen molar-refractivity contribution in [3.63, 3.8) is 0 Å². The van der Waals surface area contributed by atoms with E-state index in [0.717, 1.165) is 62.4 Å². The van der Waals surface area contributed by atoms with Crippen LogP contribution < -0.4 is 5.32 Å². The fourth-order valence-corrected chi connectivity index (χ4v) is 3.20. The van der Waals surface area contributed by atoms with Gasteiger partial charge >= 0.3 is 0 Å². The minimum Gasteiger partial charge on any atom is -0.383 e. The Morgan fingerprint density at radius 2 is 2.12 bits per heavy atom. The van der Waals surface area contributed by atoms with Crippen molar-refractivity contribution in [3.8, 4) is 0 Å². The van der Waals surface area contributed by atoms with Gasteiger partial charge < -0.3 is 24.6 Å². The van der Waals surface area contributed by atoms with Gasteiger partial charge in [-0.15, -0.1) is 11.3 Å². The van der Waals surface area contributed by atoms with E-state index in [4.69, 9.17) is 14.5 Å². The van der Waals surface area contributed by atoms with Crippen LogP contribution in [-0.2, 0) is 16.0 Å². The molecule has 0 fully saturated rings. The maximum Gasteiger partial charge on any atom is 0.194 e. The van der Waals surface area contributed by atoms with Gasteiger partial charge in [0.25, 0.3) is 0 Å². The second kappa shape index (κ2) is 13.0. The molecular formula is C18H35N5O2S. The van der Waals surface area contributed by atoms with Gasteiger partial charge in [-0.2, -0.15) is 0 Å². The van der Waals surface area contributed by atoms with Gasteiger partial charge in [0.2, 0.25) is 0 Å². The second-order valence-corrected chi connectivity index (χ2v) is 7.19. The first-order chi connectivity index (χ1) is 12.5. The molecule has 0 aromatic carbocycles. The number of aliphatic imine (C=N–C) groups is 1. The number of nitrogens with one attached hydrogen (secondary N) is 1. The Hall–Kier alpha value is -1.22. The molecule has 1 atom stereocenters. The summed E-state index contributed by atoms with van der Waals surface area (Å²) in [5.74, 6) is 0.918. The van der Waals surface area contributed by atoms with E-state index in [1.54, 1.807) is 25.6 Å². The van der Waals surface area contributed by atoms with E-state index in [2.05, 4.69) is 39.5 Å². The number of aromatic nitrogens is 1. The summed E-state index contributed by atoms with van der Waals surface area (Å²) >= 11 is 1.64.